The number of carbonyl (C=O) groups is 1. The summed E-state index contributed by atoms with van der Waals surface area (Å²) in [4.78, 5) is 28.2. The minimum Gasteiger partial charge on any atom is -0.481 e. The van der Waals surface area contributed by atoms with Crippen LogP contribution in [-0.2, 0) is 11.2 Å². The van der Waals surface area contributed by atoms with Gasteiger partial charge in [0, 0.05) is 17.7 Å². The number of nitrogens with one attached hydrogen (secondary N) is 1. The van der Waals surface area contributed by atoms with Crippen LogP contribution in [0.2, 0.25) is 0 Å². The Balaban J connectivity index is 2.32. The van der Waals surface area contributed by atoms with Gasteiger partial charge in [0.1, 0.15) is 5.82 Å². The second kappa shape index (κ2) is 4.57. The van der Waals surface area contributed by atoms with E-state index in [0.29, 0.717) is 17.9 Å². The van der Waals surface area contributed by atoms with Crippen LogP contribution in [0.5, 0.6) is 0 Å². The van der Waals surface area contributed by atoms with E-state index in [2.05, 4.69) is 9.97 Å². The molecule has 1 aromatic rings. The van der Waals surface area contributed by atoms with Crippen molar-refractivity contribution in [2.24, 2.45) is 0 Å². The molecule has 0 aliphatic heterocycles. The third-order valence-corrected chi connectivity index (χ3v) is 3.20. The molecular formula is C11H15N3O3. The molecule has 17 heavy (non-hydrogen) atoms. The third-order valence-electron chi connectivity index (χ3n) is 3.20. The fourth-order valence-electron chi connectivity index (χ4n) is 2.07. The first-order chi connectivity index (χ1) is 8.08. The second-order valence-corrected chi connectivity index (χ2v) is 4.34. The highest BCUT2D eigenvalue weighted by Crippen LogP contribution is 2.37. The van der Waals surface area contributed by atoms with E-state index in [-0.39, 0.29) is 12.2 Å². The standard InChI is InChI=1S/C11H15N3O3/c12-10-7(4-5-8(15)16)9(6-2-1-3-6)13-11(17)14-10/h6H,1-5H2,(H,15,16)(H3,12,13,14,17). The highest BCUT2D eigenvalue weighted by atomic mass is 16.4. The quantitative estimate of drug-likeness (QED) is 0.711. The lowest BCUT2D eigenvalue weighted by Gasteiger charge is -2.27. The summed E-state index contributed by atoms with van der Waals surface area (Å²) in [6.07, 6.45) is 3.47. The number of H-pyrrole nitrogens is 1. The zero-order chi connectivity index (χ0) is 12.4. The van der Waals surface area contributed by atoms with Crippen molar-refractivity contribution in [1.29, 1.82) is 0 Å². The van der Waals surface area contributed by atoms with Crippen LogP contribution in [0, 0.1) is 0 Å². The van der Waals surface area contributed by atoms with Gasteiger partial charge in [0.2, 0.25) is 0 Å². The molecule has 0 radical (unpaired) electrons. The topological polar surface area (TPSA) is 109 Å². The van der Waals surface area contributed by atoms with Crippen molar-refractivity contribution in [2.45, 2.75) is 38.0 Å². The molecule has 1 fully saturated rings. The monoisotopic (exact) mass is 237 g/mol. The maximum atomic E-state index is 11.3. The fourth-order valence-corrected chi connectivity index (χ4v) is 2.07. The van der Waals surface area contributed by atoms with Gasteiger partial charge in [-0.25, -0.2) is 4.79 Å². The molecule has 6 heteroatoms. The number of aromatic nitrogens is 2. The largest absolute Gasteiger partial charge is 0.481 e. The first kappa shape index (κ1) is 11.6. The van der Waals surface area contributed by atoms with Crippen molar-refractivity contribution in [2.75, 3.05) is 5.73 Å². The molecule has 4 N–H and O–H groups in total. The Kier molecular flexibility index (Phi) is 3.12. The highest BCUT2D eigenvalue weighted by Gasteiger charge is 2.25. The van der Waals surface area contributed by atoms with Crippen molar-refractivity contribution in [1.82, 2.24) is 9.97 Å². The number of nitrogens with two attached hydrogens (primary N) is 1. The number of anilines is 1. The summed E-state index contributed by atoms with van der Waals surface area (Å²) in [5.41, 5.74) is 6.72. The Hall–Kier alpha value is -1.85. The van der Waals surface area contributed by atoms with E-state index >= 15 is 0 Å². The van der Waals surface area contributed by atoms with Gasteiger partial charge in [-0.3, -0.25) is 4.79 Å². The average Bonchev–Trinajstić information content (AvgIpc) is 2.12. The first-order valence-electron chi connectivity index (χ1n) is 5.68. The number of nitrogens with zero attached hydrogens (tertiary/aromatic N) is 1. The van der Waals surface area contributed by atoms with Crippen LogP contribution in [0.25, 0.3) is 0 Å². The van der Waals surface area contributed by atoms with Gasteiger partial charge in [-0.05, 0) is 25.2 Å². The van der Waals surface area contributed by atoms with Crippen molar-refractivity contribution < 1.29 is 9.90 Å². The number of rotatable bonds is 4. The number of nitrogen functional groups attached to an aromatic ring is 1. The number of hydrogen-bond donors (Lipinski definition) is 3. The van der Waals surface area contributed by atoms with Crippen LogP contribution in [-0.4, -0.2) is 21.0 Å². The van der Waals surface area contributed by atoms with E-state index in [1.165, 1.54) is 0 Å². The Morgan fingerprint density at radius 2 is 2.24 bits per heavy atom. The summed E-state index contributed by atoms with van der Waals surface area (Å²) in [6, 6.07) is 0. The van der Waals surface area contributed by atoms with E-state index in [9.17, 15) is 9.59 Å². The number of carboxylic acid groups (broad SMARTS) is 1. The van der Waals surface area contributed by atoms with Crippen LogP contribution in [0.1, 0.15) is 42.9 Å². The van der Waals surface area contributed by atoms with Gasteiger partial charge in [0.25, 0.3) is 0 Å². The maximum Gasteiger partial charge on any atom is 0.347 e. The molecule has 1 aliphatic rings. The zero-order valence-electron chi connectivity index (χ0n) is 9.40. The Bertz CT molecular complexity index is 491. The summed E-state index contributed by atoms with van der Waals surface area (Å²) in [7, 11) is 0. The predicted octanol–water partition coefficient (Wildman–Crippen LogP) is 0.637. The lowest BCUT2D eigenvalue weighted by atomic mass is 9.80. The Morgan fingerprint density at radius 3 is 2.76 bits per heavy atom. The number of aromatic amines is 1. The van der Waals surface area contributed by atoms with E-state index < -0.39 is 11.7 Å². The Morgan fingerprint density at radius 1 is 1.53 bits per heavy atom. The van der Waals surface area contributed by atoms with Crippen molar-refractivity contribution >= 4 is 11.8 Å². The molecule has 0 spiro atoms. The van der Waals surface area contributed by atoms with Gasteiger partial charge in [0.15, 0.2) is 0 Å². The summed E-state index contributed by atoms with van der Waals surface area (Å²) in [5.74, 6) is -0.413. The van der Waals surface area contributed by atoms with E-state index in [4.69, 9.17) is 10.8 Å². The van der Waals surface area contributed by atoms with E-state index in [0.717, 1.165) is 25.0 Å². The van der Waals surface area contributed by atoms with E-state index in [1.54, 1.807) is 0 Å². The third kappa shape index (κ3) is 2.46. The minimum atomic E-state index is -0.879. The van der Waals surface area contributed by atoms with Gasteiger partial charge < -0.3 is 15.8 Å². The number of aliphatic carboxylic acids is 1. The van der Waals surface area contributed by atoms with Gasteiger partial charge >= 0.3 is 11.7 Å². The average molecular weight is 237 g/mol. The minimum absolute atomic E-state index is 0.00234. The number of carboxylic acids is 1. The predicted molar refractivity (Wildman–Crippen MR) is 61.8 cm³/mol. The molecule has 2 rings (SSSR count). The Labute approximate surface area is 97.9 Å². The smallest absolute Gasteiger partial charge is 0.347 e. The molecule has 1 heterocycles. The van der Waals surface area contributed by atoms with Gasteiger partial charge in [-0.1, -0.05) is 6.42 Å². The van der Waals surface area contributed by atoms with Crippen LogP contribution in [0.15, 0.2) is 4.79 Å². The molecule has 92 valence electrons. The molecule has 1 aromatic heterocycles. The van der Waals surface area contributed by atoms with Crippen LogP contribution in [0.3, 0.4) is 0 Å². The second-order valence-electron chi connectivity index (χ2n) is 4.34. The fraction of sp³-hybridized carbons (Fsp3) is 0.545. The normalized spacial score (nSPS) is 15.5. The lowest BCUT2D eigenvalue weighted by molar-refractivity contribution is -0.136. The van der Waals surface area contributed by atoms with Gasteiger partial charge in [0.05, 0.1) is 0 Å². The van der Waals surface area contributed by atoms with Crippen molar-refractivity contribution in [3.05, 3.63) is 21.7 Å². The molecule has 0 amide bonds. The molecule has 0 aromatic carbocycles. The van der Waals surface area contributed by atoms with Crippen LogP contribution in [0.4, 0.5) is 5.82 Å². The van der Waals surface area contributed by atoms with Crippen molar-refractivity contribution in [3.63, 3.8) is 0 Å². The summed E-state index contributed by atoms with van der Waals surface area (Å²) < 4.78 is 0. The maximum absolute atomic E-state index is 11.3. The SMILES string of the molecule is Nc1nc(=O)[nH]c(C2CCC2)c1CCC(=O)O. The molecule has 1 saturated carbocycles. The molecule has 0 atom stereocenters. The molecule has 0 bridgehead atoms. The van der Waals surface area contributed by atoms with Crippen molar-refractivity contribution in [3.8, 4) is 0 Å². The first-order valence-corrected chi connectivity index (χ1v) is 5.68. The molecule has 0 unspecified atom stereocenters. The molecule has 6 nitrogen and oxygen atoms in total. The summed E-state index contributed by atoms with van der Waals surface area (Å²) >= 11 is 0. The molecular weight excluding hydrogens is 222 g/mol. The molecule has 1 aliphatic carbocycles. The van der Waals surface area contributed by atoms with E-state index in [1.807, 2.05) is 0 Å². The number of hydrogen-bond acceptors (Lipinski definition) is 4. The van der Waals surface area contributed by atoms with Crippen LogP contribution < -0.4 is 11.4 Å². The van der Waals surface area contributed by atoms with Crippen LogP contribution >= 0.6 is 0 Å². The summed E-state index contributed by atoms with van der Waals surface area (Å²) in [5, 5.41) is 8.69. The molecule has 0 saturated heterocycles. The lowest BCUT2D eigenvalue weighted by Crippen LogP contribution is -2.23. The highest BCUT2D eigenvalue weighted by molar-refractivity contribution is 5.67. The zero-order valence-corrected chi connectivity index (χ0v) is 9.40. The van der Waals surface area contributed by atoms with Gasteiger partial charge in [-0.2, -0.15) is 4.98 Å². The summed E-state index contributed by atoms with van der Waals surface area (Å²) in [6.45, 7) is 0. The van der Waals surface area contributed by atoms with Gasteiger partial charge in [-0.15, -0.1) is 0 Å².